The summed E-state index contributed by atoms with van der Waals surface area (Å²) in [6, 6.07) is 11.1. The maximum atomic E-state index is 12.3. The molecular weight excluding hydrogens is 238 g/mol. The smallest absolute Gasteiger partial charge is 0.252 e. The number of fused-ring (bicyclic) bond motifs is 2. The zero-order valence-corrected chi connectivity index (χ0v) is 10.5. The zero-order valence-electron chi connectivity index (χ0n) is 10.5. The number of amides is 1. The Labute approximate surface area is 111 Å². The Hall–Kier alpha value is -2.03. The molecule has 19 heavy (non-hydrogen) atoms. The third kappa shape index (κ3) is 1.69. The van der Waals surface area contributed by atoms with Crippen molar-refractivity contribution in [2.24, 2.45) is 11.8 Å². The SMILES string of the molecule is O=C(NC1CC2CC21)c1cccc2cc(O)ccc12. The molecule has 0 radical (unpaired) electrons. The number of hydrogen-bond donors (Lipinski definition) is 2. The van der Waals surface area contributed by atoms with E-state index in [2.05, 4.69) is 5.32 Å². The lowest BCUT2D eigenvalue weighted by atomic mass is 9.92. The quantitative estimate of drug-likeness (QED) is 0.864. The van der Waals surface area contributed by atoms with Gasteiger partial charge in [0.25, 0.3) is 5.91 Å². The average Bonchev–Trinajstić information content (AvgIpc) is 3.05. The second-order valence-corrected chi connectivity index (χ2v) is 5.69. The Balaban J connectivity index is 1.67. The van der Waals surface area contributed by atoms with Crippen molar-refractivity contribution >= 4 is 16.7 Å². The van der Waals surface area contributed by atoms with Crippen molar-refractivity contribution in [3.8, 4) is 5.75 Å². The third-order valence-corrected chi connectivity index (χ3v) is 4.48. The first-order chi connectivity index (χ1) is 9.22. The first-order valence-corrected chi connectivity index (χ1v) is 6.75. The fourth-order valence-electron chi connectivity index (χ4n) is 3.22. The van der Waals surface area contributed by atoms with Gasteiger partial charge >= 0.3 is 0 Å². The van der Waals surface area contributed by atoms with E-state index in [0.29, 0.717) is 11.6 Å². The molecular formula is C16H15NO2. The number of aromatic hydroxyl groups is 1. The molecule has 2 aromatic rings. The highest BCUT2D eigenvalue weighted by Gasteiger charge is 2.53. The molecule has 2 aliphatic carbocycles. The standard InChI is InChI=1S/C16H15NO2/c18-11-4-5-12-9(6-11)2-1-3-13(12)16(19)17-15-8-10-7-14(10)15/h1-6,10,14-15,18H,7-8H2,(H,17,19). The van der Waals surface area contributed by atoms with Gasteiger partial charge in [0.2, 0.25) is 0 Å². The predicted molar refractivity (Wildman–Crippen MR) is 73.1 cm³/mol. The molecule has 3 unspecified atom stereocenters. The lowest BCUT2D eigenvalue weighted by Crippen LogP contribution is -2.41. The summed E-state index contributed by atoms with van der Waals surface area (Å²) in [6.45, 7) is 0. The molecule has 2 N–H and O–H groups in total. The van der Waals surface area contributed by atoms with Gasteiger partial charge < -0.3 is 10.4 Å². The van der Waals surface area contributed by atoms with Crippen LogP contribution in [0.1, 0.15) is 23.2 Å². The number of phenols is 1. The summed E-state index contributed by atoms with van der Waals surface area (Å²) < 4.78 is 0. The van der Waals surface area contributed by atoms with E-state index in [-0.39, 0.29) is 11.7 Å². The van der Waals surface area contributed by atoms with Gasteiger partial charge in [-0.05, 0) is 59.7 Å². The summed E-state index contributed by atoms with van der Waals surface area (Å²) in [5.41, 5.74) is 0.696. The van der Waals surface area contributed by atoms with Gasteiger partial charge in [-0.25, -0.2) is 0 Å². The topological polar surface area (TPSA) is 49.3 Å². The van der Waals surface area contributed by atoms with Gasteiger partial charge in [-0.15, -0.1) is 0 Å². The van der Waals surface area contributed by atoms with Gasteiger partial charge in [-0.2, -0.15) is 0 Å². The van der Waals surface area contributed by atoms with Crippen LogP contribution in [0.4, 0.5) is 0 Å². The normalized spacial score (nSPS) is 27.5. The number of hydrogen-bond acceptors (Lipinski definition) is 2. The number of rotatable bonds is 2. The fraction of sp³-hybridized carbons (Fsp3) is 0.312. The van der Waals surface area contributed by atoms with Crippen LogP contribution in [0.2, 0.25) is 0 Å². The minimum atomic E-state index is 0.00615. The van der Waals surface area contributed by atoms with Crippen molar-refractivity contribution in [2.45, 2.75) is 18.9 Å². The van der Waals surface area contributed by atoms with Gasteiger partial charge in [0, 0.05) is 11.6 Å². The van der Waals surface area contributed by atoms with E-state index in [1.54, 1.807) is 18.2 Å². The summed E-state index contributed by atoms with van der Waals surface area (Å²) >= 11 is 0. The van der Waals surface area contributed by atoms with E-state index >= 15 is 0 Å². The van der Waals surface area contributed by atoms with E-state index < -0.39 is 0 Å². The lowest BCUT2D eigenvalue weighted by Gasteiger charge is -2.26. The summed E-state index contributed by atoms with van der Waals surface area (Å²) in [6.07, 6.45) is 2.43. The Morgan fingerprint density at radius 3 is 2.84 bits per heavy atom. The maximum Gasteiger partial charge on any atom is 0.252 e. The van der Waals surface area contributed by atoms with Gasteiger partial charge in [-0.1, -0.05) is 12.1 Å². The number of carbonyl (C=O) groups is 1. The Morgan fingerprint density at radius 2 is 2.11 bits per heavy atom. The molecule has 4 rings (SSSR count). The molecule has 3 nitrogen and oxygen atoms in total. The molecule has 0 saturated heterocycles. The van der Waals surface area contributed by atoms with Crippen LogP contribution < -0.4 is 5.32 Å². The molecule has 1 amide bonds. The monoisotopic (exact) mass is 253 g/mol. The number of carbonyl (C=O) groups excluding carboxylic acids is 1. The van der Waals surface area contributed by atoms with Crippen molar-refractivity contribution in [1.82, 2.24) is 5.32 Å². The van der Waals surface area contributed by atoms with E-state index in [1.807, 2.05) is 18.2 Å². The molecule has 96 valence electrons. The third-order valence-electron chi connectivity index (χ3n) is 4.48. The molecule has 0 aliphatic heterocycles. The van der Waals surface area contributed by atoms with Crippen molar-refractivity contribution in [1.29, 1.82) is 0 Å². The Bertz CT molecular complexity index is 680. The summed E-state index contributed by atoms with van der Waals surface area (Å²) in [4.78, 5) is 12.3. The van der Waals surface area contributed by atoms with Crippen LogP contribution >= 0.6 is 0 Å². The van der Waals surface area contributed by atoms with Crippen LogP contribution in [0.15, 0.2) is 36.4 Å². The average molecular weight is 253 g/mol. The Morgan fingerprint density at radius 1 is 1.21 bits per heavy atom. The van der Waals surface area contributed by atoms with Gasteiger partial charge in [0.15, 0.2) is 0 Å². The van der Waals surface area contributed by atoms with Crippen LogP contribution in [0.25, 0.3) is 10.8 Å². The molecule has 0 aromatic heterocycles. The van der Waals surface area contributed by atoms with E-state index in [1.165, 1.54) is 6.42 Å². The highest BCUT2D eigenvalue weighted by atomic mass is 16.3. The molecule has 3 atom stereocenters. The summed E-state index contributed by atoms with van der Waals surface area (Å²) in [5, 5.41) is 14.4. The van der Waals surface area contributed by atoms with Crippen LogP contribution in [0.3, 0.4) is 0 Å². The molecule has 0 bridgehead atoms. The van der Waals surface area contributed by atoms with Crippen LogP contribution in [-0.2, 0) is 0 Å². The summed E-state index contributed by atoms with van der Waals surface area (Å²) in [7, 11) is 0. The first kappa shape index (κ1) is 10.9. The molecule has 0 heterocycles. The zero-order chi connectivity index (χ0) is 13.0. The number of nitrogens with one attached hydrogen (secondary N) is 1. The highest BCUT2D eigenvalue weighted by molar-refractivity contribution is 6.07. The molecule has 2 fully saturated rings. The van der Waals surface area contributed by atoms with Gasteiger partial charge in [0.05, 0.1) is 0 Å². The molecule has 3 heteroatoms. The molecule has 2 aromatic carbocycles. The molecule has 0 spiro atoms. The van der Waals surface area contributed by atoms with E-state index in [0.717, 1.165) is 29.0 Å². The van der Waals surface area contributed by atoms with Crippen LogP contribution in [0.5, 0.6) is 5.75 Å². The van der Waals surface area contributed by atoms with E-state index in [4.69, 9.17) is 0 Å². The fourth-order valence-corrected chi connectivity index (χ4v) is 3.22. The van der Waals surface area contributed by atoms with E-state index in [9.17, 15) is 9.90 Å². The molecule has 2 aliphatic rings. The maximum absolute atomic E-state index is 12.3. The van der Waals surface area contributed by atoms with Crippen LogP contribution in [-0.4, -0.2) is 17.1 Å². The van der Waals surface area contributed by atoms with Crippen LogP contribution in [0, 0.1) is 11.8 Å². The van der Waals surface area contributed by atoms with Crippen molar-refractivity contribution in [2.75, 3.05) is 0 Å². The lowest BCUT2D eigenvalue weighted by molar-refractivity contribution is 0.0913. The predicted octanol–water partition coefficient (Wildman–Crippen LogP) is 2.68. The van der Waals surface area contributed by atoms with Crippen molar-refractivity contribution < 1.29 is 9.90 Å². The number of phenolic OH excluding ortho intramolecular Hbond substituents is 1. The largest absolute Gasteiger partial charge is 0.508 e. The second-order valence-electron chi connectivity index (χ2n) is 5.69. The van der Waals surface area contributed by atoms with Crippen molar-refractivity contribution in [3.63, 3.8) is 0 Å². The number of benzene rings is 2. The minimum absolute atomic E-state index is 0.00615. The van der Waals surface area contributed by atoms with Crippen molar-refractivity contribution in [3.05, 3.63) is 42.0 Å². The summed E-state index contributed by atoms with van der Waals surface area (Å²) in [5.74, 6) is 1.86. The van der Waals surface area contributed by atoms with Gasteiger partial charge in [-0.3, -0.25) is 4.79 Å². The highest BCUT2D eigenvalue weighted by Crippen LogP contribution is 2.55. The minimum Gasteiger partial charge on any atom is -0.508 e. The molecule has 2 saturated carbocycles. The second kappa shape index (κ2) is 3.73. The Kier molecular flexibility index (Phi) is 2.13. The first-order valence-electron chi connectivity index (χ1n) is 6.75. The van der Waals surface area contributed by atoms with Gasteiger partial charge in [0.1, 0.15) is 5.75 Å².